The molecular formula is C19H16N2O3S2. The Morgan fingerprint density at radius 1 is 1.27 bits per heavy atom. The lowest BCUT2D eigenvalue weighted by molar-refractivity contribution is -0.126. The van der Waals surface area contributed by atoms with E-state index >= 15 is 0 Å². The van der Waals surface area contributed by atoms with E-state index in [-0.39, 0.29) is 24.1 Å². The van der Waals surface area contributed by atoms with Gasteiger partial charge < -0.3 is 10.4 Å². The van der Waals surface area contributed by atoms with Gasteiger partial charge >= 0.3 is 0 Å². The van der Waals surface area contributed by atoms with E-state index in [0.29, 0.717) is 14.9 Å². The van der Waals surface area contributed by atoms with Crippen molar-refractivity contribution in [2.24, 2.45) is 0 Å². The summed E-state index contributed by atoms with van der Waals surface area (Å²) in [6.45, 7) is 1.80. The molecule has 0 radical (unpaired) electrons. The summed E-state index contributed by atoms with van der Waals surface area (Å²) in [6.07, 6.45) is 1.69. The number of aryl methyl sites for hydroxylation is 1. The molecule has 2 N–H and O–H groups in total. The highest BCUT2D eigenvalue weighted by atomic mass is 32.2. The topological polar surface area (TPSA) is 69.6 Å². The van der Waals surface area contributed by atoms with E-state index in [1.807, 2.05) is 25.1 Å². The number of thiocarbonyl (C=S) groups is 1. The maximum Gasteiger partial charge on any atom is 0.266 e. The minimum atomic E-state index is -0.308. The van der Waals surface area contributed by atoms with Crippen LogP contribution in [-0.2, 0) is 9.59 Å². The number of hydrogen-bond acceptors (Lipinski definition) is 5. The molecule has 0 saturated carbocycles. The number of carbonyl (C=O) groups is 2. The molecule has 0 aliphatic carbocycles. The molecule has 0 atom stereocenters. The van der Waals surface area contributed by atoms with Gasteiger partial charge in [-0.2, -0.15) is 0 Å². The lowest BCUT2D eigenvalue weighted by Gasteiger charge is -2.14. The van der Waals surface area contributed by atoms with Crippen LogP contribution < -0.4 is 5.32 Å². The first kappa shape index (κ1) is 18.2. The second-order valence-electron chi connectivity index (χ2n) is 5.78. The van der Waals surface area contributed by atoms with Crippen molar-refractivity contribution in [3.8, 4) is 5.75 Å². The summed E-state index contributed by atoms with van der Waals surface area (Å²) in [5.41, 5.74) is 2.48. The molecule has 2 aromatic rings. The number of amides is 2. The van der Waals surface area contributed by atoms with E-state index in [1.165, 1.54) is 4.90 Å². The first-order valence-corrected chi connectivity index (χ1v) is 9.06. The molecule has 7 heteroatoms. The van der Waals surface area contributed by atoms with Crippen LogP contribution in [0.25, 0.3) is 6.08 Å². The molecule has 1 fully saturated rings. The standard InChI is InChI=1S/C19H16N2O3S2/c1-12-3-2-4-14(9-12)20-17(23)11-21-18(24)16(26-19(21)25)10-13-5-7-15(22)8-6-13/h2-10,22H,11H2,1H3,(H,20,23)/b16-10-. The lowest BCUT2D eigenvalue weighted by atomic mass is 10.2. The van der Waals surface area contributed by atoms with Gasteiger partial charge in [0.1, 0.15) is 16.6 Å². The predicted octanol–water partition coefficient (Wildman–Crippen LogP) is 3.54. The molecule has 2 aromatic carbocycles. The first-order chi connectivity index (χ1) is 12.4. The number of phenols is 1. The molecule has 0 aromatic heterocycles. The van der Waals surface area contributed by atoms with Crippen molar-refractivity contribution in [2.45, 2.75) is 6.92 Å². The SMILES string of the molecule is Cc1cccc(NC(=O)CN2C(=O)/C(=C/c3ccc(O)cc3)SC2=S)c1. The Labute approximate surface area is 160 Å². The van der Waals surface area contributed by atoms with Crippen LogP contribution in [0.5, 0.6) is 5.75 Å². The van der Waals surface area contributed by atoms with E-state index in [0.717, 1.165) is 22.9 Å². The van der Waals surface area contributed by atoms with Gasteiger partial charge in [-0.25, -0.2) is 0 Å². The third-order valence-corrected chi connectivity index (χ3v) is 5.05. The van der Waals surface area contributed by atoms with Crippen LogP contribution in [0.4, 0.5) is 5.69 Å². The largest absolute Gasteiger partial charge is 0.508 e. The number of carbonyl (C=O) groups excluding carboxylic acids is 2. The van der Waals surface area contributed by atoms with Gasteiger partial charge in [-0.15, -0.1) is 0 Å². The molecule has 1 aliphatic rings. The van der Waals surface area contributed by atoms with Crippen molar-refractivity contribution in [3.05, 3.63) is 64.6 Å². The number of thioether (sulfide) groups is 1. The van der Waals surface area contributed by atoms with Gasteiger partial charge in [-0.3, -0.25) is 14.5 Å². The Morgan fingerprint density at radius 2 is 2.00 bits per heavy atom. The van der Waals surface area contributed by atoms with Crippen LogP contribution in [0, 0.1) is 6.92 Å². The lowest BCUT2D eigenvalue weighted by Crippen LogP contribution is -2.36. The van der Waals surface area contributed by atoms with Crippen molar-refractivity contribution in [2.75, 3.05) is 11.9 Å². The van der Waals surface area contributed by atoms with Crippen LogP contribution in [-0.4, -0.2) is 32.7 Å². The molecular weight excluding hydrogens is 368 g/mol. The second kappa shape index (κ2) is 7.72. The smallest absolute Gasteiger partial charge is 0.266 e. The molecule has 5 nitrogen and oxygen atoms in total. The number of rotatable bonds is 4. The predicted molar refractivity (Wildman–Crippen MR) is 108 cm³/mol. The second-order valence-corrected chi connectivity index (χ2v) is 7.45. The van der Waals surface area contributed by atoms with Gasteiger partial charge in [-0.1, -0.05) is 48.2 Å². The van der Waals surface area contributed by atoms with Gasteiger partial charge in [-0.05, 0) is 48.4 Å². The summed E-state index contributed by atoms with van der Waals surface area (Å²) in [5, 5.41) is 12.1. The van der Waals surface area contributed by atoms with Crippen LogP contribution in [0.15, 0.2) is 53.4 Å². The molecule has 1 heterocycles. The summed E-state index contributed by atoms with van der Waals surface area (Å²) in [7, 11) is 0. The number of aromatic hydroxyl groups is 1. The number of phenolic OH excluding ortho intramolecular Hbond substituents is 1. The Kier molecular flexibility index (Phi) is 5.39. The molecule has 0 spiro atoms. The maximum atomic E-state index is 12.5. The van der Waals surface area contributed by atoms with Crippen LogP contribution in [0.1, 0.15) is 11.1 Å². The van der Waals surface area contributed by atoms with Crippen LogP contribution in [0.2, 0.25) is 0 Å². The molecule has 132 valence electrons. The zero-order chi connectivity index (χ0) is 18.7. The number of hydrogen-bond donors (Lipinski definition) is 2. The highest BCUT2D eigenvalue weighted by molar-refractivity contribution is 8.26. The number of benzene rings is 2. The average Bonchev–Trinajstić information content (AvgIpc) is 2.84. The Morgan fingerprint density at radius 3 is 2.69 bits per heavy atom. The molecule has 3 rings (SSSR count). The van der Waals surface area contributed by atoms with E-state index < -0.39 is 0 Å². The van der Waals surface area contributed by atoms with Gasteiger partial charge in [0, 0.05) is 5.69 Å². The van der Waals surface area contributed by atoms with E-state index in [4.69, 9.17) is 12.2 Å². The average molecular weight is 384 g/mol. The Bertz CT molecular complexity index is 907. The van der Waals surface area contributed by atoms with Crippen molar-refractivity contribution in [3.63, 3.8) is 0 Å². The number of anilines is 1. The van der Waals surface area contributed by atoms with Crippen LogP contribution in [0.3, 0.4) is 0 Å². The third kappa shape index (κ3) is 4.30. The highest BCUT2D eigenvalue weighted by Gasteiger charge is 2.33. The normalized spacial score (nSPS) is 15.6. The van der Waals surface area contributed by atoms with Crippen LogP contribution >= 0.6 is 24.0 Å². The molecule has 0 unspecified atom stereocenters. The zero-order valence-corrected chi connectivity index (χ0v) is 15.6. The third-order valence-electron chi connectivity index (χ3n) is 3.67. The minimum Gasteiger partial charge on any atom is -0.508 e. The fourth-order valence-electron chi connectivity index (χ4n) is 2.43. The molecule has 2 amide bonds. The van der Waals surface area contributed by atoms with Gasteiger partial charge in [0.15, 0.2) is 0 Å². The number of nitrogens with one attached hydrogen (secondary N) is 1. The van der Waals surface area contributed by atoms with Gasteiger partial charge in [0.05, 0.1) is 4.91 Å². The molecule has 1 aliphatic heterocycles. The Balaban J connectivity index is 1.69. The van der Waals surface area contributed by atoms with Crippen molar-refractivity contribution >= 4 is 51.9 Å². The van der Waals surface area contributed by atoms with Gasteiger partial charge in [0.2, 0.25) is 5.91 Å². The summed E-state index contributed by atoms with van der Waals surface area (Å²) >= 11 is 6.40. The van der Waals surface area contributed by atoms with Gasteiger partial charge in [0.25, 0.3) is 5.91 Å². The molecule has 26 heavy (non-hydrogen) atoms. The summed E-state index contributed by atoms with van der Waals surface area (Å²) in [5.74, 6) is -0.451. The van der Waals surface area contributed by atoms with Crippen molar-refractivity contribution in [1.82, 2.24) is 4.90 Å². The van der Waals surface area contributed by atoms with Crippen molar-refractivity contribution in [1.29, 1.82) is 0 Å². The summed E-state index contributed by atoms with van der Waals surface area (Å²) in [6, 6.07) is 13.9. The monoisotopic (exact) mass is 384 g/mol. The summed E-state index contributed by atoms with van der Waals surface area (Å²) in [4.78, 5) is 26.5. The maximum absolute atomic E-state index is 12.5. The highest BCUT2D eigenvalue weighted by Crippen LogP contribution is 2.32. The van der Waals surface area contributed by atoms with E-state index in [1.54, 1.807) is 36.4 Å². The quantitative estimate of drug-likeness (QED) is 0.623. The Hall–Kier alpha value is -2.64. The fourth-order valence-corrected chi connectivity index (χ4v) is 3.68. The first-order valence-electron chi connectivity index (χ1n) is 7.83. The number of nitrogens with zero attached hydrogens (tertiary/aromatic N) is 1. The summed E-state index contributed by atoms with van der Waals surface area (Å²) < 4.78 is 0.347. The molecule has 0 bridgehead atoms. The minimum absolute atomic E-state index is 0.133. The molecule has 1 saturated heterocycles. The van der Waals surface area contributed by atoms with E-state index in [9.17, 15) is 14.7 Å². The van der Waals surface area contributed by atoms with E-state index in [2.05, 4.69) is 5.32 Å². The van der Waals surface area contributed by atoms with Crippen molar-refractivity contribution < 1.29 is 14.7 Å². The zero-order valence-electron chi connectivity index (χ0n) is 13.9. The fraction of sp³-hybridized carbons (Fsp3) is 0.105.